The Bertz CT molecular complexity index is 626. The van der Waals surface area contributed by atoms with Gasteiger partial charge in [0.1, 0.15) is 5.75 Å². The number of urea groups is 1. The van der Waals surface area contributed by atoms with Crippen molar-refractivity contribution < 1.29 is 22.7 Å². The summed E-state index contributed by atoms with van der Waals surface area (Å²) in [7, 11) is 0. The van der Waals surface area contributed by atoms with E-state index in [2.05, 4.69) is 25.6 Å². The molecule has 0 fully saturated rings. The van der Waals surface area contributed by atoms with Crippen LogP contribution in [0.4, 0.5) is 18.0 Å². The lowest BCUT2D eigenvalue weighted by Gasteiger charge is -2.16. The maximum atomic E-state index is 12.1. The van der Waals surface area contributed by atoms with E-state index in [9.17, 15) is 18.0 Å². The van der Waals surface area contributed by atoms with E-state index in [-0.39, 0.29) is 18.3 Å². The molecule has 0 aliphatic heterocycles. The number of nitrogens with one attached hydrogen (secondary N) is 3. The van der Waals surface area contributed by atoms with E-state index in [1.165, 1.54) is 24.3 Å². The fourth-order valence-electron chi connectivity index (χ4n) is 1.85. The van der Waals surface area contributed by atoms with Gasteiger partial charge >= 0.3 is 12.4 Å². The van der Waals surface area contributed by atoms with Gasteiger partial charge in [0.25, 0.3) is 0 Å². The molecule has 0 bridgehead atoms. The molecule has 1 aromatic heterocycles. The molecule has 9 heteroatoms. The van der Waals surface area contributed by atoms with Crippen molar-refractivity contribution in [2.75, 3.05) is 0 Å². The smallest absolute Gasteiger partial charge is 0.406 e. The SMILES string of the molecule is CC(NC(=O)NCc1ccn[nH]1)c1ccc(OC(F)(F)F)cc1. The molecule has 2 amide bonds. The highest BCUT2D eigenvalue weighted by molar-refractivity contribution is 5.74. The molecule has 0 saturated heterocycles. The molecule has 0 aliphatic rings. The Morgan fingerprint density at radius 1 is 1.30 bits per heavy atom. The second-order valence-corrected chi connectivity index (χ2v) is 4.75. The zero-order valence-electron chi connectivity index (χ0n) is 12.1. The Labute approximate surface area is 130 Å². The number of amides is 2. The van der Waals surface area contributed by atoms with Crippen LogP contribution in [-0.4, -0.2) is 22.6 Å². The third-order valence-electron chi connectivity index (χ3n) is 2.96. The van der Waals surface area contributed by atoms with Crippen molar-refractivity contribution in [2.24, 2.45) is 0 Å². The van der Waals surface area contributed by atoms with E-state index in [1.807, 2.05) is 0 Å². The molecule has 0 radical (unpaired) electrons. The quantitative estimate of drug-likeness (QED) is 0.790. The van der Waals surface area contributed by atoms with E-state index in [1.54, 1.807) is 19.2 Å². The highest BCUT2D eigenvalue weighted by Crippen LogP contribution is 2.24. The molecular weight excluding hydrogens is 313 g/mol. The first kappa shape index (κ1) is 16.7. The molecule has 1 heterocycles. The molecule has 0 spiro atoms. The summed E-state index contributed by atoms with van der Waals surface area (Å²) in [5.41, 5.74) is 1.40. The topological polar surface area (TPSA) is 79.0 Å². The summed E-state index contributed by atoms with van der Waals surface area (Å²) in [5.74, 6) is -0.308. The second kappa shape index (κ2) is 7.03. The largest absolute Gasteiger partial charge is 0.573 e. The number of halogens is 3. The maximum absolute atomic E-state index is 12.1. The lowest BCUT2D eigenvalue weighted by Crippen LogP contribution is -2.36. The molecule has 2 rings (SSSR count). The number of nitrogens with zero attached hydrogens (tertiary/aromatic N) is 1. The minimum absolute atomic E-state index is 0.289. The molecule has 2 aromatic rings. The second-order valence-electron chi connectivity index (χ2n) is 4.75. The van der Waals surface area contributed by atoms with Crippen molar-refractivity contribution in [3.8, 4) is 5.75 Å². The third kappa shape index (κ3) is 5.53. The molecule has 124 valence electrons. The minimum Gasteiger partial charge on any atom is -0.406 e. The van der Waals surface area contributed by atoms with Crippen LogP contribution in [0.25, 0.3) is 0 Å². The number of hydrogen-bond acceptors (Lipinski definition) is 3. The highest BCUT2D eigenvalue weighted by Gasteiger charge is 2.31. The van der Waals surface area contributed by atoms with E-state index in [0.717, 1.165) is 5.69 Å². The van der Waals surface area contributed by atoms with Gasteiger partial charge in [-0.1, -0.05) is 12.1 Å². The average Bonchev–Trinajstić information content (AvgIpc) is 2.97. The van der Waals surface area contributed by atoms with Crippen LogP contribution in [0, 0.1) is 0 Å². The predicted octanol–water partition coefficient (Wildman–Crippen LogP) is 2.87. The lowest BCUT2D eigenvalue weighted by atomic mass is 10.1. The summed E-state index contributed by atoms with van der Waals surface area (Å²) >= 11 is 0. The molecule has 3 N–H and O–H groups in total. The Balaban J connectivity index is 1.84. The van der Waals surface area contributed by atoms with Crippen LogP contribution in [0.5, 0.6) is 5.75 Å². The van der Waals surface area contributed by atoms with Gasteiger partial charge < -0.3 is 15.4 Å². The van der Waals surface area contributed by atoms with E-state index in [4.69, 9.17) is 0 Å². The lowest BCUT2D eigenvalue weighted by molar-refractivity contribution is -0.274. The predicted molar refractivity (Wildman–Crippen MR) is 75.5 cm³/mol. The summed E-state index contributed by atoms with van der Waals surface area (Å²) in [6.45, 7) is 2.01. The number of alkyl halides is 3. The number of benzene rings is 1. The number of aromatic amines is 1. The highest BCUT2D eigenvalue weighted by atomic mass is 19.4. The van der Waals surface area contributed by atoms with Crippen LogP contribution < -0.4 is 15.4 Å². The van der Waals surface area contributed by atoms with Gasteiger partial charge in [-0.3, -0.25) is 5.10 Å². The standard InChI is InChI=1S/C14H15F3N4O2/c1-9(20-13(22)18-8-11-6-7-19-21-11)10-2-4-12(5-3-10)23-14(15,16)17/h2-7,9H,8H2,1H3,(H,19,21)(H2,18,20,22). The van der Waals surface area contributed by atoms with Crippen molar-refractivity contribution in [3.63, 3.8) is 0 Å². The number of hydrogen-bond donors (Lipinski definition) is 3. The Morgan fingerprint density at radius 3 is 2.57 bits per heavy atom. The number of rotatable bonds is 5. The number of H-pyrrole nitrogens is 1. The normalized spacial score (nSPS) is 12.5. The van der Waals surface area contributed by atoms with E-state index >= 15 is 0 Å². The average molecular weight is 328 g/mol. The van der Waals surface area contributed by atoms with Crippen molar-refractivity contribution in [1.82, 2.24) is 20.8 Å². The maximum Gasteiger partial charge on any atom is 0.573 e. The van der Waals surface area contributed by atoms with Crippen LogP contribution in [0.15, 0.2) is 36.5 Å². The molecule has 0 saturated carbocycles. The van der Waals surface area contributed by atoms with Crippen molar-refractivity contribution >= 4 is 6.03 Å². The van der Waals surface area contributed by atoms with E-state index in [0.29, 0.717) is 5.56 Å². The first-order valence-corrected chi connectivity index (χ1v) is 6.72. The fourth-order valence-corrected chi connectivity index (χ4v) is 1.85. The summed E-state index contributed by atoms with van der Waals surface area (Å²) in [5, 5.41) is 11.8. The molecular formula is C14H15F3N4O2. The summed E-state index contributed by atoms with van der Waals surface area (Å²) in [6, 6.07) is 6.26. The van der Waals surface area contributed by atoms with Crippen LogP contribution in [0.3, 0.4) is 0 Å². The Morgan fingerprint density at radius 2 is 2.00 bits per heavy atom. The van der Waals surface area contributed by atoms with Crippen LogP contribution in [-0.2, 0) is 6.54 Å². The minimum atomic E-state index is -4.72. The van der Waals surface area contributed by atoms with Crippen LogP contribution >= 0.6 is 0 Å². The molecule has 1 aromatic carbocycles. The van der Waals surface area contributed by atoms with Gasteiger partial charge in [0.15, 0.2) is 0 Å². The Hall–Kier alpha value is -2.71. The summed E-state index contributed by atoms with van der Waals surface area (Å²) in [4.78, 5) is 11.7. The molecule has 0 aliphatic carbocycles. The van der Waals surface area contributed by atoms with Gasteiger partial charge in [0.2, 0.25) is 0 Å². The number of aromatic nitrogens is 2. The molecule has 6 nitrogen and oxygen atoms in total. The monoisotopic (exact) mass is 328 g/mol. The van der Waals surface area contributed by atoms with Crippen molar-refractivity contribution in [2.45, 2.75) is 25.9 Å². The van der Waals surface area contributed by atoms with Gasteiger partial charge in [0, 0.05) is 6.20 Å². The number of carbonyl (C=O) groups excluding carboxylic acids is 1. The first-order valence-electron chi connectivity index (χ1n) is 6.72. The van der Waals surface area contributed by atoms with Crippen molar-refractivity contribution in [1.29, 1.82) is 0 Å². The van der Waals surface area contributed by atoms with E-state index < -0.39 is 12.4 Å². The van der Waals surface area contributed by atoms with Gasteiger partial charge in [-0.2, -0.15) is 5.10 Å². The molecule has 1 atom stereocenters. The summed E-state index contributed by atoms with van der Waals surface area (Å²) < 4.78 is 40.0. The van der Waals surface area contributed by atoms with Gasteiger partial charge in [-0.25, -0.2) is 4.79 Å². The third-order valence-corrected chi connectivity index (χ3v) is 2.96. The summed E-state index contributed by atoms with van der Waals surface area (Å²) in [6.07, 6.45) is -3.15. The van der Waals surface area contributed by atoms with Crippen LogP contribution in [0.2, 0.25) is 0 Å². The fraction of sp³-hybridized carbons (Fsp3) is 0.286. The zero-order valence-corrected chi connectivity index (χ0v) is 12.1. The van der Waals surface area contributed by atoms with Gasteiger partial charge in [-0.15, -0.1) is 13.2 Å². The zero-order chi connectivity index (χ0) is 16.9. The van der Waals surface area contributed by atoms with Gasteiger partial charge in [0.05, 0.1) is 18.3 Å². The first-order chi connectivity index (χ1) is 10.8. The number of carbonyl (C=O) groups is 1. The van der Waals surface area contributed by atoms with Gasteiger partial charge in [-0.05, 0) is 30.7 Å². The molecule has 23 heavy (non-hydrogen) atoms. The van der Waals surface area contributed by atoms with Crippen molar-refractivity contribution in [3.05, 3.63) is 47.8 Å². The number of ether oxygens (including phenoxy) is 1. The Kier molecular flexibility index (Phi) is 5.09. The van der Waals surface area contributed by atoms with Crippen LogP contribution in [0.1, 0.15) is 24.2 Å². The molecule has 1 unspecified atom stereocenters.